The van der Waals surface area contributed by atoms with Gasteiger partial charge in [-0.05, 0) is 28.8 Å². The highest BCUT2D eigenvalue weighted by atomic mass is 32.1. The Balaban J connectivity index is 2.12. The SMILES string of the molecule is CCCCC(=O)Cc1csc2ccccc12. The van der Waals surface area contributed by atoms with Crippen molar-refractivity contribution in [1.29, 1.82) is 0 Å². The topological polar surface area (TPSA) is 17.1 Å². The van der Waals surface area contributed by atoms with Gasteiger partial charge in [0.2, 0.25) is 0 Å². The molecule has 0 fully saturated rings. The van der Waals surface area contributed by atoms with Gasteiger partial charge in [0.1, 0.15) is 5.78 Å². The number of unbranched alkanes of at least 4 members (excludes halogenated alkanes) is 1. The lowest BCUT2D eigenvalue weighted by atomic mass is 10.0. The third-order valence-electron chi connectivity index (χ3n) is 2.76. The van der Waals surface area contributed by atoms with Gasteiger partial charge in [-0.1, -0.05) is 31.5 Å². The number of benzene rings is 1. The van der Waals surface area contributed by atoms with Gasteiger partial charge in [-0.25, -0.2) is 0 Å². The van der Waals surface area contributed by atoms with Crippen LogP contribution in [0.1, 0.15) is 31.7 Å². The van der Waals surface area contributed by atoms with Gasteiger partial charge in [0, 0.05) is 17.5 Å². The van der Waals surface area contributed by atoms with Crippen molar-refractivity contribution >= 4 is 27.2 Å². The molecule has 16 heavy (non-hydrogen) atoms. The van der Waals surface area contributed by atoms with Gasteiger partial charge in [-0.2, -0.15) is 0 Å². The summed E-state index contributed by atoms with van der Waals surface area (Å²) in [6, 6.07) is 8.30. The van der Waals surface area contributed by atoms with Gasteiger partial charge < -0.3 is 0 Å². The largest absolute Gasteiger partial charge is 0.299 e. The number of hydrogen-bond acceptors (Lipinski definition) is 2. The maximum Gasteiger partial charge on any atom is 0.137 e. The van der Waals surface area contributed by atoms with Crippen LogP contribution in [0.25, 0.3) is 10.1 Å². The standard InChI is InChI=1S/C14H16OS/c1-2-3-6-12(15)9-11-10-16-14-8-5-4-7-13(11)14/h4-5,7-8,10H,2-3,6,9H2,1H3. The van der Waals surface area contributed by atoms with E-state index in [1.165, 1.54) is 15.6 Å². The zero-order valence-electron chi connectivity index (χ0n) is 9.53. The van der Waals surface area contributed by atoms with E-state index >= 15 is 0 Å². The highest BCUT2D eigenvalue weighted by molar-refractivity contribution is 7.17. The van der Waals surface area contributed by atoms with Crippen LogP contribution in [0, 0.1) is 0 Å². The molecule has 0 aliphatic heterocycles. The lowest BCUT2D eigenvalue weighted by Crippen LogP contribution is -2.01. The maximum atomic E-state index is 11.7. The first-order valence-corrected chi connectivity index (χ1v) is 6.66. The van der Waals surface area contributed by atoms with Crippen molar-refractivity contribution in [3.8, 4) is 0 Å². The van der Waals surface area contributed by atoms with Gasteiger partial charge in [0.25, 0.3) is 0 Å². The molecule has 0 aliphatic carbocycles. The van der Waals surface area contributed by atoms with E-state index in [0.717, 1.165) is 19.3 Å². The van der Waals surface area contributed by atoms with E-state index in [1.54, 1.807) is 11.3 Å². The highest BCUT2D eigenvalue weighted by Crippen LogP contribution is 2.26. The van der Waals surface area contributed by atoms with Crippen molar-refractivity contribution in [3.63, 3.8) is 0 Å². The third kappa shape index (κ3) is 2.50. The summed E-state index contributed by atoms with van der Waals surface area (Å²) in [4.78, 5) is 11.7. The molecule has 2 rings (SSSR count). The molecule has 84 valence electrons. The molecule has 0 spiro atoms. The molecule has 0 saturated carbocycles. The molecule has 0 amide bonds. The summed E-state index contributed by atoms with van der Waals surface area (Å²) >= 11 is 1.73. The number of thiophene rings is 1. The minimum atomic E-state index is 0.366. The number of fused-ring (bicyclic) bond motifs is 1. The summed E-state index contributed by atoms with van der Waals surface area (Å²) in [7, 11) is 0. The van der Waals surface area contributed by atoms with E-state index in [9.17, 15) is 4.79 Å². The Morgan fingerprint density at radius 3 is 2.94 bits per heavy atom. The summed E-state index contributed by atoms with van der Waals surface area (Å²) in [6.45, 7) is 2.12. The molecule has 1 nitrogen and oxygen atoms in total. The second kappa shape index (κ2) is 5.26. The minimum Gasteiger partial charge on any atom is -0.299 e. The van der Waals surface area contributed by atoms with E-state index in [2.05, 4.69) is 24.4 Å². The Kier molecular flexibility index (Phi) is 3.73. The Morgan fingerprint density at radius 2 is 2.12 bits per heavy atom. The molecule has 0 unspecified atom stereocenters. The van der Waals surface area contributed by atoms with E-state index < -0.39 is 0 Å². The number of hydrogen-bond donors (Lipinski definition) is 0. The van der Waals surface area contributed by atoms with Gasteiger partial charge in [-0.3, -0.25) is 4.79 Å². The molecule has 0 saturated heterocycles. The first-order chi connectivity index (χ1) is 7.81. The molecule has 2 aromatic rings. The third-order valence-corrected chi connectivity index (χ3v) is 3.77. The minimum absolute atomic E-state index is 0.366. The first-order valence-electron chi connectivity index (χ1n) is 5.78. The summed E-state index contributed by atoms with van der Waals surface area (Å²) in [5.74, 6) is 0.366. The van der Waals surface area contributed by atoms with Crippen molar-refractivity contribution in [3.05, 3.63) is 35.2 Å². The predicted molar refractivity (Wildman–Crippen MR) is 70.1 cm³/mol. The van der Waals surface area contributed by atoms with Crippen LogP contribution in [-0.2, 0) is 11.2 Å². The van der Waals surface area contributed by atoms with Gasteiger partial charge in [0.05, 0.1) is 0 Å². The molecule has 1 aromatic carbocycles. The Labute approximate surface area is 100 Å². The van der Waals surface area contributed by atoms with Gasteiger partial charge in [0.15, 0.2) is 0 Å². The fourth-order valence-electron chi connectivity index (χ4n) is 1.84. The number of ketones is 1. The number of carbonyl (C=O) groups is 1. The summed E-state index contributed by atoms with van der Waals surface area (Å²) in [5, 5.41) is 3.37. The van der Waals surface area contributed by atoms with Crippen molar-refractivity contribution in [2.45, 2.75) is 32.6 Å². The van der Waals surface area contributed by atoms with Crippen LogP contribution in [0.15, 0.2) is 29.6 Å². The molecule has 1 aromatic heterocycles. The molecule has 1 heterocycles. The lowest BCUT2D eigenvalue weighted by Gasteiger charge is -1.99. The molecule has 0 bridgehead atoms. The van der Waals surface area contributed by atoms with Crippen LogP contribution < -0.4 is 0 Å². The van der Waals surface area contributed by atoms with E-state index in [-0.39, 0.29) is 0 Å². The van der Waals surface area contributed by atoms with Crippen molar-refractivity contribution in [2.24, 2.45) is 0 Å². The first kappa shape index (κ1) is 11.3. The van der Waals surface area contributed by atoms with Gasteiger partial charge >= 0.3 is 0 Å². The second-order valence-electron chi connectivity index (χ2n) is 4.08. The molecule has 0 N–H and O–H groups in total. The van der Waals surface area contributed by atoms with Crippen LogP contribution >= 0.6 is 11.3 Å². The molecule has 0 atom stereocenters. The molecular formula is C14H16OS. The highest BCUT2D eigenvalue weighted by Gasteiger charge is 2.07. The van der Waals surface area contributed by atoms with Crippen molar-refractivity contribution in [2.75, 3.05) is 0 Å². The fraction of sp³-hybridized carbons (Fsp3) is 0.357. The second-order valence-corrected chi connectivity index (χ2v) is 4.99. The van der Waals surface area contributed by atoms with E-state index in [0.29, 0.717) is 12.2 Å². The van der Waals surface area contributed by atoms with Crippen molar-refractivity contribution in [1.82, 2.24) is 0 Å². The van der Waals surface area contributed by atoms with Crippen molar-refractivity contribution < 1.29 is 4.79 Å². The van der Waals surface area contributed by atoms with E-state index in [4.69, 9.17) is 0 Å². The van der Waals surface area contributed by atoms with Crippen LogP contribution in [0.3, 0.4) is 0 Å². The average molecular weight is 232 g/mol. The van der Waals surface area contributed by atoms with Crippen LogP contribution in [0.4, 0.5) is 0 Å². The lowest BCUT2D eigenvalue weighted by molar-refractivity contribution is -0.118. The monoisotopic (exact) mass is 232 g/mol. The van der Waals surface area contributed by atoms with Crippen LogP contribution in [0.2, 0.25) is 0 Å². The quantitative estimate of drug-likeness (QED) is 0.755. The number of rotatable bonds is 5. The fourth-order valence-corrected chi connectivity index (χ4v) is 2.81. The zero-order valence-corrected chi connectivity index (χ0v) is 10.3. The summed E-state index contributed by atoms with van der Waals surface area (Å²) in [5.41, 5.74) is 1.20. The molecule has 0 aliphatic rings. The average Bonchev–Trinajstić information content (AvgIpc) is 2.70. The molecular weight excluding hydrogens is 216 g/mol. The molecule has 2 heteroatoms. The Bertz CT molecular complexity index is 484. The zero-order chi connectivity index (χ0) is 11.4. The summed E-state index contributed by atoms with van der Waals surface area (Å²) < 4.78 is 1.28. The Hall–Kier alpha value is -1.15. The predicted octanol–water partition coefficient (Wildman–Crippen LogP) is 4.20. The molecule has 0 radical (unpaired) electrons. The Morgan fingerprint density at radius 1 is 1.31 bits per heavy atom. The van der Waals surface area contributed by atoms with E-state index in [1.807, 2.05) is 12.1 Å². The van der Waals surface area contributed by atoms with Gasteiger partial charge in [-0.15, -0.1) is 11.3 Å². The smallest absolute Gasteiger partial charge is 0.137 e. The maximum absolute atomic E-state index is 11.7. The summed E-state index contributed by atoms with van der Waals surface area (Å²) in [6.07, 6.45) is 3.43. The normalized spacial score (nSPS) is 10.8. The number of carbonyl (C=O) groups excluding carboxylic acids is 1. The van der Waals surface area contributed by atoms with Crippen LogP contribution in [0.5, 0.6) is 0 Å². The van der Waals surface area contributed by atoms with Crippen LogP contribution in [-0.4, -0.2) is 5.78 Å². The number of Topliss-reactive ketones (excluding diaryl/α,β-unsaturated/α-hetero) is 1.